The van der Waals surface area contributed by atoms with E-state index < -0.39 is 0 Å². The van der Waals surface area contributed by atoms with Gasteiger partial charge in [-0.1, -0.05) is 18.2 Å². The Bertz CT molecular complexity index is 416. The van der Waals surface area contributed by atoms with Gasteiger partial charge in [0.05, 0.1) is 6.04 Å². The monoisotopic (exact) mass is 263 g/mol. The lowest BCUT2D eigenvalue weighted by atomic mass is 10.1. The van der Waals surface area contributed by atoms with Crippen LogP contribution < -0.4 is 5.73 Å². The second kappa shape index (κ2) is 7.14. The number of nitrogen functional groups attached to an aromatic ring is 1. The minimum Gasteiger partial charge on any atom is -0.398 e. The van der Waals surface area contributed by atoms with Crippen molar-refractivity contribution >= 4 is 11.6 Å². The lowest BCUT2D eigenvalue weighted by molar-refractivity contribution is -0.135. The van der Waals surface area contributed by atoms with Gasteiger partial charge in [-0.25, -0.2) is 0 Å². The number of hydrogen-bond donors (Lipinski definition) is 1. The van der Waals surface area contributed by atoms with Crippen LogP contribution in [0.5, 0.6) is 0 Å². The van der Waals surface area contributed by atoms with Crippen LogP contribution in [0.4, 0.5) is 5.69 Å². The third-order valence-corrected chi connectivity index (χ3v) is 3.57. The van der Waals surface area contributed by atoms with E-state index in [1.807, 2.05) is 61.9 Å². The van der Waals surface area contributed by atoms with Crippen molar-refractivity contribution in [2.75, 3.05) is 25.9 Å². The zero-order chi connectivity index (χ0) is 14.4. The maximum atomic E-state index is 12.3. The van der Waals surface area contributed by atoms with E-state index >= 15 is 0 Å². The van der Waals surface area contributed by atoms with E-state index in [9.17, 15) is 4.79 Å². The van der Waals surface area contributed by atoms with E-state index in [1.54, 1.807) is 0 Å². The predicted octanol–water partition coefficient (Wildman–Crippen LogP) is 1.96. The lowest BCUT2D eigenvalue weighted by Gasteiger charge is -2.29. The van der Waals surface area contributed by atoms with Gasteiger partial charge in [-0.3, -0.25) is 9.69 Å². The Kier molecular flexibility index (Phi) is 5.83. The smallest absolute Gasteiger partial charge is 0.239 e. The van der Waals surface area contributed by atoms with Crippen LogP contribution in [-0.2, 0) is 11.3 Å². The summed E-state index contributed by atoms with van der Waals surface area (Å²) < 4.78 is 0. The van der Waals surface area contributed by atoms with E-state index in [0.717, 1.165) is 24.3 Å². The highest BCUT2D eigenvalue weighted by molar-refractivity contribution is 5.81. The van der Waals surface area contributed by atoms with Crippen LogP contribution >= 0.6 is 0 Å². The molecule has 2 N–H and O–H groups in total. The summed E-state index contributed by atoms with van der Waals surface area (Å²) in [4.78, 5) is 16.2. The summed E-state index contributed by atoms with van der Waals surface area (Å²) in [5.74, 6) is 0.169. The summed E-state index contributed by atoms with van der Waals surface area (Å²) in [7, 11) is 1.96. The molecule has 0 heterocycles. The lowest BCUT2D eigenvalue weighted by Crippen LogP contribution is -2.45. The van der Waals surface area contributed by atoms with Crippen LogP contribution in [0.1, 0.15) is 26.3 Å². The standard InChI is InChI=1S/C15H25N3O/c1-5-18(6-2)15(19)12(3)17(4)11-13-9-7-8-10-14(13)16/h7-10,12H,5-6,11,16H2,1-4H3. The van der Waals surface area contributed by atoms with Gasteiger partial charge in [0.2, 0.25) is 5.91 Å². The highest BCUT2D eigenvalue weighted by Crippen LogP contribution is 2.14. The first-order valence-corrected chi connectivity index (χ1v) is 6.83. The van der Waals surface area contributed by atoms with Crippen molar-refractivity contribution in [3.05, 3.63) is 29.8 Å². The third kappa shape index (κ3) is 3.96. The second-order valence-electron chi connectivity index (χ2n) is 4.80. The van der Waals surface area contributed by atoms with Gasteiger partial charge in [0, 0.05) is 25.3 Å². The zero-order valence-corrected chi connectivity index (χ0v) is 12.4. The molecule has 0 saturated heterocycles. The number of anilines is 1. The summed E-state index contributed by atoms with van der Waals surface area (Å²) in [6, 6.07) is 7.64. The topological polar surface area (TPSA) is 49.6 Å². The average Bonchev–Trinajstić information content (AvgIpc) is 2.41. The van der Waals surface area contributed by atoms with Gasteiger partial charge in [-0.15, -0.1) is 0 Å². The summed E-state index contributed by atoms with van der Waals surface area (Å²) in [5, 5.41) is 0. The van der Waals surface area contributed by atoms with Gasteiger partial charge in [0.15, 0.2) is 0 Å². The van der Waals surface area contributed by atoms with E-state index in [0.29, 0.717) is 6.54 Å². The number of nitrogens with zero attached hydrogens (tertiary/aromatic N) is 2. The molecule has 1 atom stereocenters. The number of carbonyl (C=O) groups excluding carboxylic acids is 1. The first kappa shape index (κ1) is 15.5. The Morgan fingerprint density at radius 1 is 1.26 bits per heavy atom. The summed E-state index contributed by atoms with van der Waals surface area (Å²) >= 11 is 0. The van der Waals surface area contributed by atoms with Crippen molar-refractivity contribution in [1.29, 1.82) is 0 Å². The predicted molar refractivity (Wildman–Crippen MR) is 79.7 cm³/mol. The van der Waals surface area contributed by atoms with Crippen molar-refractivity contribution in [3.63, 3.8) is 0 Å². The normalized spacial score (nSPS) is 12.5. The molecule has 0 bridgehead atoms. The van der Waals surface area contributed by atoms with E-state index in [4.69, 9.17) is 5.73 Å². The fraction of sp³-hybridized carbons (Fsp3) is 0.533. The minimum absolute atomic E-state index is 0.139. The fourth-order valence-electron chi connectivity index (χ4n) is 2.07. The number of para-hydroxylation sites is 1. The largest absolute Gasteiger partial charge is 0.398 e. The summed E-state index contributed by atoms with van der Waals surface area (Å²) in [6.45, 7) is 8.13. The molecule has 0 spiro atoms. The van der Waals surface area contributed by atoms with Crippen LogP contribution in [0.25, 0.3) is 0 Å². The van der Waals surface area contributed by atoms with Gasteiger partial charge in [-0.2, -0.15) is 0 Å². The van der Waals surface area contributed by atoms with Crippen molar-refractivity contribution in [1.82, 2.24) is 9.80 Å². The molecule has 4 nitrogen and oxygen atoms in total. The number of nitrogens with two attached hydrogens (primary N) is 1. The zero-order valence-electron chi connectivity index (χ0n) is 12.4. The quantitative estimate of drug-likeness (QED) is 0.798. The highest BCUT2D eigenvalue weighted by atomic mass is 16.2. The van der Waals surface area contributed by atoms with Crippen molar-refractivity contribution in [2.45, 2.75) is 33.4 Å². The molecule has 0 fully saturated rings. The van der Waals surface area contributed by atoms with Crippen molar-refractivity contribution < 1.29 is 4.79 Å². The first-order valence-electron chi connectivity index (χ1n) is 6.83. The van der Waals surface area contributed by atoms with Gasteiger partial charge < -0.3 is 10.6 Å². The number of likely N-dealkylation sites (N-methyl/N-ethyl adjacent to an activating group) is 2. The molecule has 0 aliphatic carbocycles. The van der Waals surface area contributed by atoms with Crippen molar-refractivity contribution in [3.8, 4) is 0 Å². The number of carbonyl (C=O) groups is 1. The molecule has 0 aliphatic rings. The first-order chi connectivity index (χ1) is 9.01. The van der Waals surface area contributed by atoms with E-state index in [1.165, 1.54) is 0 Å². The molecular weight excluding hydrogens is 238 g/mol. The van der Waals surface area contributed by atoms with Gasteiger partial charge in [0.25, 0.3) is 0 Å². The number of hydrogen-bond acceptors (Lipinski definition) is 3. The van der Waals surface area contributed by atoms with E-state index in [-0.39, 0.29) is 11.9 Å². The molecule has 106 valence electrons. The molecule has 0 saturated carbocycles. The fourth-order valence-corrected chi connectivity index (χ4v) is 2.07. The molecule has 4 heteroatoms. The van der Waals surface area contributed by atoms with Crippen LogP contribution in [0, 0.1) is 0 Å². The molecule has 1 unspecified atom stereocenters. The summed E-state index contributed by atoms with van der Waals surface area (Å²) in [5.41, 5.74) is 7.77. The molecule has 1 rings (SSSR count). The number of benzene rings is 1. The maximum absolute atomic E-state index is 12.3. The number of rotatable bonds is 6. The van der Waals surface area contributed by atoms with Crippen molar-refractivity contribution in [2.24, 2.45) is 0 Å². The van der Waals surface area contributed by atoms with Crippen LogP contribution in [0.3, 0.4) is 0 Å². The molecule has 19 heavy (non-hydrogen) atoms. The third-order valence-electron chi connectivity index (χ3n) is 3.57. The molecule has 0 radical (unpaired) electrons. The Hall–Kier alpha value is -1.55. The number of amides is 1. The van der Waals surface area contributed by atoms with Crippen LogP contribution in [0.15, 0.2) is 24.3 Å². The maximum Gasteiger partial charge on any atom is 0.239 e. The highest BCUT2D eigenvalue weighted by Gasteiger charge is 2.22. The van der Waals surface area contributed by atoms with E-state index in [2.05, 4.69) is 0 Å². The van der Waals surface area contributed by atoms with Gasteiger partial charge >= 0.3 is 0 Å². The Morgan fingerprint density at radius 2 is 1.84 bits per heavy atom. The SMILES string of the molecule is CCN(CC)C(=O)C(C)N(C)Cc1ccccc1N. The Labute approximate surface area is 116 Å². The summed E-state index contributed by atoms with van der Waals surface area (Å²) in [6.07, 6.45) is 0. The average molecular weight is 263 g/mol. The molecule has 1 aromatic carbocycles. The molecule has 1 amide bonds. The molecule has 1 aromatic rings. The van der Waals surface area contributed by atoms with Crippen LogP contribution in [0.2, 0.25) is 0 Å². The molecule has 0 aliphatic heterocycles. The second-order valence-corrected chi connectivity index (χ2v) is 4.80. The van der Waals surface area contributed by atoms with Gasteiger partial charge in [-0.05, 0) is 39.4 Å². The Balaban J connectivity index is 2.70. The Morgan fingerprint density at radius 3 is 2.37 bits per heavy atom. The van der Waals surface area contributed by atoms with Crippen LogP contribution in [-0.4, -0.2) is 41.9 Å². The molecular formula is C15H25N3O. The molecule has 0 aromatic heterocycles. The minimum atomic E-state index is -0.139. The van der Waals surface area contributed by atoms with Gasteiger partial charge in [0.1, 0.15) is 0 Å².